The zero-order valence-electron chi connectivity index (χ0n) is 8.31. The van der Waals surface area contributed by atoms with Crippen LogP contribution in [0.3, 0.4) is 0 Å². The van der Waals surface area contributed by atoms with E-state index in [-0.39, 0.29) is 6.04 Å². The summed E-state index contributed by atoms with van der Waals surface area (Å²) in [4.78, 5) is 5.19. The van der Waals surface area contributed by atoms with E-state index in [1.807, 2.05) is 14.0 Å². The summed E-state index contributed by atoms with van der Waals surface area (Å²) in [5.41, 5.74) is 6.98. The Morgan fingerprint density at radius 3 is 2.80 bits per heavy atom. The lowest BCUT2D eigenvalue weighted by Crippen LogP contribution is -2.15. The number of hydrogen-bond acceptors (Lipinski definition) is 5. The minimum atomic E-state index is -0.231. The zero-order chi connectivity index (χ0) is 11.0. The Hall–Kier alpha value is -0.790. The molecule has 0 aliphatic heterocycles. The second-order valence-electron chi connectivity index (χ2n) is 3.15. The van der Waals surface area contributed by atoms with Gasteiger partial charge in [0.2, 0.25) is 0 Å². The molecular weight excluding hydrogens is 278 g/mol. The number of aryl methyl sites for hydroxylation is 2. The molecule has 15 heavy (non-hydrogen) atoms. The lowest BCUT2D eigenvalue weighted by molar-refractivity contribution is 0.654. The first kappa shape index (κ1) is 10.7. The molecule has 0 spiro atoms. The van der Waals surface area contributed by atoms with Crippen LogP contribution < -0.4 is 5.73 Å². The second-order valence-corrected chi connectivity index (χ2v) is 5.17. The van der Waals surface area contributed by atoms with Gasteiger partial charge in [-0.2, -0.15) is 0 Å². The smallest absolute Gasteiger partial charge is 0.153 e. The van der Waals surface area contributed by atoms with Crippen molar-refractivity contribution in [1.29, 1.82) is 0 Å². The van der Waals surface area contributed by atoms with Crippen molar-refractivity contribution in [2.75, 3.05) is 0 Å². The van der Waals surface area contributed by atoms with Crippen LogP contribution in [0.15, 0.2) is 10.8 Å². The van der Waals surface area contributed by atoms with Crippen molar-refractivity contribution in [1.82, 2.24) is 20.0 Å². The minimum Gasteiger partial charge on any atom is -0.318 e. The van der Waals surface area contributed by atoms with Crippen LogP contribution in [0.2, 0.25) is 0 Å². The van der Waals surface area contributed by atoms with E-state index >= 15 is 0 Å². The van der Waals surface area contributed by atoms with Gasteiger partial charge in [-0.15, -0.1) is 16.4 Å². The Morgan fingerprint density at radius 1 is 1.60 bits per heavy atom. The van der Waals surface area contributed by atoms with Crippen LogP contribution >= 0.6 is 27.3 Å². The summed E-state index contributed by atoms with van der Waals surface area (Å²) in [5.74, 6) is 0. The van der Waals surface area contributed by atoms with Crippen LogP contribution in [0.1, 0.15) is 21.6 Å². The highest BCUT2D eigenvalue weighted by Gasteiger charge is 2.19. The van der Waals surface area contributed by atoms with Crippen LogP contribution in [0.5, 0.6) is 0 Å². The van der Waals surface area contributed by atoms with Gasteiger partial charge >= 0.3 is 0 Å². The molecule has 2 aromatic rings. The predicted molar refractivity (Wildman–Crippen MR) is 61.6 cm³/mol. The van der Waals surface area contributed by atoms with E-state index in [2.05, 4.69) is 31.2 Å². The van der Waals surface area contributed by atoms with Gasteiger partial charge < -0.3 is 5.73 Å². The third kappa shape index (κ3) is 1.95. The molecule has 7 heteroatoms. The molecule has 0 radical (unpaired) electrons. The molecule has 0 bridgehead atoms. The topological polar surface area (TPSA) is 69.6 Å². The molecular formula is C8H10BrN5S. The fourth-order valence-corrected chi connectivity index (χ4v) is 2.69. The standard InChI is InChI=1S/C8H10BrN5S/c1-4-11-3-5(15-4)6(10)7-8(9)12-13-14(7)2/h3,6H,10H2,1-2H3. The van der Waals surface area contributed by atoms with Crippen molar-refractivity contribution < 1.29 is 0 Å². The van der Waals surface area contributed by atoms with Crippen LogP contribution in [-0.2, 0) is 7.05 Å². The van der Waals surface area contributed by atoms with Crippen LogP contribution in [0.4, 0.5) is 0 Å². The van der Waals surface area contributed by atoms with E-state index in [1.54, 1.807) is 22.2 Å². The molecule has 0 amide bonds. The van der Waals surface area contributed by atoms with Crippen molar-refractivity contribution in [3.05, 3.63) is 26.4 Å². The van der Waals surface area contributed by atoms with Crippen molar-refractivity contribution in [2.24, 2.45) is 12.8 Å². The van der Waals surface area contributed by atoms with Gasteiger partial charge in [0.05, 0.1) is 16.7 Å². The van der Waals surface area contributed by atoms with Gasteiger partial charge in [0.25, 0.3) is 0 Å². The highest BCUT2D eigenvalue weighted by atomic mass is 79.9. The molecule has 1 atom stereocenters. The minimum absolute atomic E-state index is 0.231. The fraction of sp³-hybridized carbons (Fsp3) is 0.375. The van der Waals surface area contributed by atoms with Gasteiger partial charge in [-0.05, 0) is 22.9 Å². The van der Waals surface area contributed by atoms with Gasteiger partial charge in [-0.25, -0.2) is 9.67 Å². The molecule has 0 aliphatic rings. The van der Waals surface area contributed by atoms with Crippen molar-refractivity contribution in [3.63, 3.8) is 0 Å². The maximum absolute atomic E-state index is 6.12. The van der Waals surface area contributed by atoms with Crippen LogP contribution in [-0.4, -0.2) is 20.0 Å². The first-order valence-corrected chi connectivity index (χ1v) is 5.93. The predicted octanol–water partition coefficient (Wildman–Crippen LogP) is 1.39. The van der Waals surface area contributed by atoms with Crippen molar-refractivity contribution in [2.45, 2.75) is 13.0 Å². The molecule has 2 heterocycles. The lowest BCUT2D eigenvalue weighted by Gasteiger charge is -2.08. The second kappa shape index (κ2) is 3.99. The van der Waals surface area contributed by atoms with E-state index in [1.165, 1.54) is 0 Å². The molecule has 2 N–H and O–H groups in total. The molecule has 0 saturated heterocycles. The average molecular weight is 288 g/mol. The average Bonchev–Trinajstić information content (AvgIpc) is 2.73. The summed E-state index contributed by atoms with van der Waals surface area (Å²) in [7, 11) is 1.82. The number of thiazole rings is 1. The highest BCUT2D eigenvalue weighted by molar-refractivity contribution is 9.10. The Kier molecular flexibility index (Phi) is 2.85. The quantitative estimate of drug-likeness (QED) is 0.906. The molecule has 5 nitrogen and oxygen atoms in total. The number of halogens is 1. The van der Waals surface area contributed by atoms with Gasteiger partial charge in [0, 0.05) is 18.1 Å². The first-order valence-electron chi connectivity index (χ1n) is 4.32. The monoisotopic (exact) mass is 287 g/mol. The Morgan fingerprint density at radius 2 is 2.33 bits per heavy atom. The zero-order valence-corrected chi connectivity index (χ0v) is 10.7. The van der Waals surface area contributed by atoms with Gasteiger partial charge in [-0.3, -0.25) is 0 Å². The van der Waals surface area contributed by atoms with Gasteiger partial charge in [0.15, 0.2) is 4.60 Å². The van der Waals surface area contributed by atoms with Crippen LogP contribution in [0, 0.1) is 6.92 Å². The number of aromatic nitrogens is 4. The third-order valence-corrected chi connectivity index (χ3v) is 3.63. The van der Waals surface area contributed by atoms with Gasteiger partial charge in [-0.1, -0.05) is 5.21 Å². The van der Waals surface area contributed by atoms with E-state index in [0.29, 0.717) is 4.60 Å². The van der Waals surface area contributed by atoms with E-state index in [4.69, 9.17) is 5.73 Å². The number of rotatable bonds is 2. The van der Waals surface area contributed by atoms with E-state index < -0.39 is 0 Å². The lowest BCUT2D eigenvalue weighted by atomic mass is 10.2. The number of nitrogens with two attached hydrogens (primary N) is 1. The van der Waals surface area contributed by atoms with Crippen LogP contribution in [0.25, 0.3) is 0 Å². The summed E-state index contributed by atoms with van der Waals surface area (Å²) < 4.78 is 2.35. The summed E-state index contributed by atoms with van der Waals surface area (Å²) in [6.45, 7) is 1.96. The largest absolute Gasteiger partial charge is 0.318 e. The summed E-state index contributed by atoms with van der Waals surface area (Å²) in [6.07, 6.45) is 1.80. The highest BCUT2D eigenvalue weighted by Crippen LogP contribution is 2.27. The van der Waals surface area contributed by atoms with E-state index in [9.17, 15) is 0 Å². The summed E-state index contributed by atoms with van der Waals surface area (Å²) in [5, 5.41) is 8.80. The van der Waals surface area contributed by atoms with Crippen molar-refractivity contribution in [3.8, 4) is 0 Å². The SMILES string of the molecule is Cc1ncc(C(N)c2c(Br)nnn2C)s1. The Bertz CT molecular complexity index is 458. The van der Waals surface area contributed by atoms with Crippen molar-refractivity contribution >= 4 is 27.3 Å². The summed E-state index contributed by atoms with van der Waals surface area (Å²) >= 11 is 4.92. The molecule has 1 unspecified atom stereocenters. The normalized spacial score (nSPS) is 13.1. The molecule has 0 aromatic carbocycles. The Balaban J connectivity index is 2.40. The van der Waals surface area contributed by atoms with Gasteiger partial charge in [0.1, 0.15) is 0 Å². The maximum atomic E-state index is 6.12. The molecule has 0 aliphatic carbocycles. The molecule has 0 saturated carbocycles. The maximum Gasteiger partial charge on any atom is 0.153 e. The molecule has 2 rings (SSSR count). The molecule has 80 valence electrons. The fourth-order valence-electron chi connectivity index (χ4n) is 1.33. The third-order valence-electron chi connectivity index (χ3n) is 2.07. The molecule has 0 fully saturated rings. The molecule has 2 aromatic heterocycles. The van der Waals surface area contributed by atoms with E-state index in [0.717, 1.165) is 15.6 Å². The number of nitrogens with zero attached hydrogens (tertiary/aromatic N) is 4. The summed E-state index contributed by atoms with van der Waals surface area (Å²) in [6, 6.07) is -0.231. The first-order chi connectivity index (χ1) is 7.09. The number of hydrogen-bond donors (Lipinski definition) is 1. The Labute approximate surface area is 99.4 Å².